The van der Waals surface area contributed by atoms with Gasteiger partial charge in [-0.25, -0.2) is 9.37 Å². The van der Waals surface area contributed by atoms with Crippen LogP contribution >= 0.6 is 31.9 Å². The fourth-order valence-corrected chi connectivity index (χ4v) is 4.73. The summed E-state index contributed by atoms with van der Waals surface area (Å²) in [5, 5.41) is 7.51. The first-order chi connectivity index (χ1) is 18.8. The average molecular weight is 660 g/mol. The number of ether oxygens (including phenoxy) is 2. The third-order valence-electron chi connectivity index (χ3n) is 5.66. The molecular weight excluding hydrogens is 635 g/mol. The summed E-state index contributed by atoms with van der Waals surface area (Å²) in [5.41, 5.74) is 1.30. The number of carbonyl (C=O) groups is 1. The van der Waals surface area contributed by atoms with Crippen molar-refractivity contribution < 1.29 is 18.7 Å². The molecule has 0 saturated carbocycles. The molecule has 4 aromatic rings. The van der Waals surface area contributed by atoms with Crippen molar-refractivity contribution in [2.24, 2.45) is 5.10 Å². The van der Waals surface area contributed by atoms with Crippen LogP contribution < -0.4 is 20.3 Å². The number of anilines is 1. The summed E-state index contributed by atoms with van der Waals surface area (Å²) in [6.07, 6.45) is 3.95. The van der Waals surface area contributed by atoms with Gasteiger partial charge in [0.15, 0.2) is 18.1 Å². The highest BCUT2D eigenvalue weighted by atomic mass is 79.9. The van der Waals surface area contributed by atoms with Crippen LogP contribution in [0.2, 0.25) is 0 Å². The lowest BCUT2D eigenvalue weighted by atomic mass is 10.2. The van der Waals surface area contributed by atoms with Crippen molar-refractivity contribution in [2.45, 2.75) is 26.2 Å². The maximum absolute atomic E-state index is 13.4. The van der Waals surface area contributed by atoms with Crippen molar-refractivity contribution in [1.82, 2.24) is 9.66 Å². The van der Waals surface area contributed by atoms with E-state index in [0.717, 1.165) is 17.3 Å². The lowest BCUT2D eigenvalue weighted by Gasteiger charge is -2.14. The van der Waals surface area contributed by atoms with Gasteiger partial charge in [0.05, 0.1) is 28.7 Å². The monoisotopic (exact) mass is 658 g/mol. The predicted octanol–water partition coefficient (Wildman–Crippen LogP) is 6.31. The van der Waals surface area contributed by atoms with Crippen LogP contribution in [-0.4, -0.2) is 35.5 Å². The number of benzene rings is 3. The van der Waals surface area contributed by atoms with Crippen molar-refractivity contribution in [1.29, 1.82) is 0 Å². The summed E-state index contributed by atoms with van der Waals surface area (Å²) in [4.78, 5) is 30.3. The summed E-state index contributed by atoms with van der Waals surface area (Å²) in [6, 6.07) is 14.4. The molecular formula is C28H25Br2FN4O4. The van der Waals surface area contributed by atoms with E-state index in [2.05, 4.69) is 54.2 Å². The molecule has 1 amide bonds. The third-order valence-corrected chi connectivity index (χ3v) is 6.74. The summed E-state index contributed by atoms with van der Waals surface area (Å²) in [5.74, 6) is 0.311. The quantitative estimate of drug-likeness (QED) is 0.201. The molecule has 4 rings (SSSR count). The lowest BCUT2D eigenvalue weighted by molar-refractivity contribution is -0.118. The Labute approximate surface area is 241 Å². The zero-order chi connectivity index (χ0) is 27.9. The van der Waals surface area contributed by atoms with Crippen LogP contribution in [0.3, 0.4) is 0 Å². The second-order valence-corrected chi connectivity index (χ2v) is 10.3. The Hall–Kier alpha value is -3.57. The molecule has 1 aromatic heterocycles. The topological polar surface area (TPSA) is 94.8 Å². The first kappa shape index (κ1) is 28.4. The number of rotatable bonds is 10. The Morgan fingerprint density at radius 2 is 2.00 bits per heavy atom. The maximum atomic E-state index is 13.4. The molecule has 0 fully saturated rings. The minimum absolute atomic E-state index is 0.265. The van der Waals surface area contributed by atoms with Crippen molar-refractivity contribution in [3.8, 4) is 11.5 Å². The number of nitrogens with one attached hydrogen (secondary N) is 1. The molecule has 0 atom stereocenters. The molecule has 3 aromatic carbocycles. The number of fused-ring (bicyclic) bond motifs is 1. The lowest BCUT2D eigenvalue weighted by Crippen LogP contribution is -2.22. The number of hydrogen-bond acceptors (Lipinski definition) is 6. The van der Waals surface area contributed by atoms with Gasteiger partial charge in [-0.2, -0.15) is 9.78 Å². The smallest absolute Gasteiger partial charge is 0.282 e. The van der Waals surface area contributed by atoms with E-state index in [4.69, 9.17) is 9.47 Å². The minimum atomic E-state index is -0.463. The second-order valence-electron chi connectivity index (χ2n) is 8.54. The number of aryl methyl sites for hydroxylation is 1. The van der Waals surface area contributed by atoms with E-state index in [1.807, 2.05) is 12.1 Å². The molecule has 0 saturated heterocycles. The SMILES string of the molecule is CCCCc1nc2ccc(Br)cc2c(=O)n1N=Cc1cc(Br)c(OCC(=O)Nc2cccc(F)c2)c(OC)c1. The van der Waals surface area contributed by atoms with Gasteiger partial charge in [-0.05, 0) is 76.4 Å². The van der Waals surface area contributed by atoms with E-state index in [9.17, 15) is 14.0 Å². The van der Waals surface area contributed by atoms with E-state index in [1.165, 1.54) is 36.2 Å². The van der Waals surface area contributed by atoms with Gasteiger partial charge in [0, 0.05) is 16.6 Å². The van der Waals surface area contributed by atoms with E-state index in [1.54, 1.807) is 24.3 Å². The largest absolute Gasteiger partial charge is 0.493 e. The number of aromatic nitrogens is 2. The molecule has 1 heterocycles. The van der Waals surface area contributed by atoms with Gasteiger partial charge in [-0.15, -0.1) is 0 Å². The number of methoxy groups -OCH3 is 1. The molecule has 1 N–H and O–H groups in total. The van der Waals surface area contributed by atoms with Crippen LogP contribution in [0.25, 0.3) is 10.9 Å². The summed E-state index contributed by atoms with van der Waals surface area (Å²) < 4.78 is 27.2. The fraction of sp³-hybridized carbons (Fsp3) is 0.214. The number of unbranched alkanes of at least 4 members (excludes halogenated alkanes) is 1. The van der Waals surface area contributed by atoms with Crippen LogP contribution in [-0.2, 0) is 11.2 Å². The van der Waals surface area contributed by atoms with Gasteiger partial charge in [0.2, 0.25) is 0 Å². The Morgan fingerprint density at radius 3 is 2.74 bits per heavy atom. The van der Waals surface area contributed by atoms with Crippen molar-refractivity contribution in [3.63, 3.8) is 0 Å². The summed E-state index contributed by atoms with van der Waals surface area (Å²) >= 11 is 6.87. The predicted molar refractivity (Wildman–Crippen MR) is 157 cm³/mol. The van der Waals surface area contributed by atoms with E-state index >= 15 is 0 Å². The molecule has 0 aliphatic rings. The first-order valence-electron chi connectivity index (χ1n) is 12.1. The molecule has 39 heavy (non-hydrogen) atoms. The zero-order valence-corrected chi connectivity index (χ0v) is 24.4. The average Bonchev–Trinajstić information content (AvgIpc) is 2.91. The molecule has 0 spiro atoms. The Morgan fingerprint density at radius 1 is 1.18 bits per heavy atom. The molecule has 0 radical (unpaired) electrons. The molecule has 8 nitrogen and oxygen atoms in total. The van der Waals surface area contributed by atoms with Gasteiger partial charge in [-0.3, -0.25) is 9.59 Å². The van der Waals surface area contributed by atoms with Gasteiger partial charge < -0.3 is 14.8 Å². The number of hydrogen-bond donors (Lipinski definition) is 1. The van der Waals surface area contributed by atoms with Crippen LogP contribution in [0.1, 0.15) is 31.2 Å². The normalized spacial score (nSPS) is 11.2. The zero-order valence-electron chi connectivity index (χ0n) is 21.2. The summed E-state index contributed by atoms with van der Waals surface area (Å²) in [6.45, 7) is 1.75. The highest BCUT2D eigenvalue weighted by molar-refractivity contribution is 9.10. The van der Waals surface area contributed by atoms with Gasteiger partial charge in [0.1, 0.15) is 11.6 Å². The van der Waals surface area contributed by atoms with Crippen molar-refractivity contribution in [2.75, 3.05) is 19.0 Å². The molecule has 0 unspecified atom stereocenters. The molecule has 0 aliphatic carbocycles. The van der Waals surface area contributed by atoms with E-state index in [-0.39, 0.29) is 12.2 Å². The number of nitrogens with zero attached hydrogens (tertiary/aromatic N) is 3. The van der Waals surface area contributed by atoms with Crippen molar-refractivity contribution in [3.05, 3.63) is 91.1 Å². The fourth-order valence-electron chi connectivity index (χ4n) is 3.79. The van der Waals surface area contributed by atoms with E-state index < -0.39 is 11.7 Å². The van der Waals surface area contributed by atoms with E-state index in [0.29, 0.717) is 50.4 Å². The molecule has 202 valence electrons. The van der Waals surface area contributed by atoms with Crippen LogP contribution in [0.5, 0.6) is 11.5 Å². The van der Waals surface area contributed by atoms with Gasteiger partial charge in [0.25, 0.3) is 11.5 Å². The highest BCUT2D eigenvalue weighted by Gasteiger charge is 2.15. The standard InChI is InChI=1S/C28H25Br2FN4O4/c1-3-4-8-25-34-23-10-9-18(29)13-21(23)28(37)35(25)32-15-17-11-22(30)27(24(12-17)38-2)39-16-26(36)33-20-7-5-6-19(31)14-20/h5-7,9-15H,3-4,8,16H2,1-2H3,(H,33,36). The number of amides is 1. The first-order valence-corrected chi connectivity index (χ1v) is 13.7. The number of carbonyl (C=O) groups excluding carboxylic acids is 1. The van der Waals surface area contributed by atoms with Crippen LogP contribution in [0, 0.1) is 5.82 Å². The minimum Gasteiger partial charge on any atom is -0.493 e. The second kappa shape index (κ2) is 13.0. The molecule has 0 aliphatic heterocycles. The van der Waals surface area contributed by atoms with Gasteiger partial charge in [-0.1, -0.05) is 35.3 Å². The van der Waals surface area contributed by atoms with Crippen LogP contribution in [0.4, 0.5) is 10.1 Å². The highest BCUT2D eigenvalue weighted by Crippen LogP contribution is 2.36. The molecule has 0 bridgehead atoms. The number of halogens is 3. The van der Waals surface area contributed by atoms with Crippen LogP contribution in [0.15, 0.2) is 73.4 Å². The molecule has 11 heteroatoms. The Kier molecular flexibility index (Phi) is 9.47. The maximum Gasteiger partial charge on any atom is 0.282 e. The third kappa shape index (κ3) is 7.10. The Bertz CT molecular complexity index is 1610. The van der Waals surface area contributed by atoms with Gasteiger partial charge >= 0.3 is 0 Å². The summed E-state index contributed by atoms with van der Waals surface area (Å²) in [7, 11) is 1.47. The Balaban J connectivity index is 1.58. The van der Waals surface area contributed by atoms with Crippen molar-refractivity contribution >= 4 is 60.6 Å².